The zero-order chi connectivity index (χ0) is 48.1. The number of fused-ring (bicyclic) bond motifs is 14. The lowest BCUT2D eigenvalue weighted by Crippen LogP contribution is -2.13. The lowest BCUT2D eigenvalue weighted by atomic mass is 9.98. The highest BCUT2D eigenvalue weighted by atomic mass is 15.2. The van der Waals surface area contributed by atoms with E-state index in [0.717, 1.165) is 89.8 Å². The number of rotatable bonds is 6. The first-order valence-electron chi connectivity index (χ1n) is 25.3. The van der Waals surface area contributed by atoms with Crippen molar-refractivity contribution in [3.8, 4) is 22.5 Å². The summed E-state index contributed by atoms with van der Waals surface area (Å²) in [5, 5.41) is 9.42. The first-order chi connectivity index (χ1) is 36.2. The van der Waals surface area contributed by atoms with E-state index in [1.54, 1.807) is 0 Å². The van der Waals surface area contributed by atoms with Gasteiger partial charge in [0.1, 0.15) is 5.82 Å². The molecule has 1 aliphatic rings. The number of hydrogen-bond donors (Lipinski definition) is 0. The number of benzene rings is 10. The third kappa shape index (κ3) is 6.17. The summed E-state index contributed by atoms with van der Waals surface area (Å²) in [5.41, 5.74) is 16.7. The van der Waals surface area contributed by atoms with Crippen molar-refractivity contribution >= 4 is 105 Å². The SMILES string of the molecule is CCC1=C(n2c3ccccc3c3ccc4c5ccccc5n(-c5ccccc5)c4c32)N=C(n2c3ccccc3c3ccc4c5ccccc5n(-c5ccccc5)c4c32)N=C(c2ccc(-c3ccccc3)cc2)C1. The van der Waals surface area contributed by atoms with Crippen molar-refractivity contribution in [1.82, 2.24) is 18.3 Å². The van der Waals surface area contributed by atoms with Crippen LogP contribution in [-0.2, 0) is 0 Å². The molecule has 0 N–H and O–H groups in total. The minimum Gasteiger partial charge on any atom is -0.307 e. The van der Waals surface area contributed by atoms with Gasteiger partial charge in [-0.2, -0.15) is 4.99 Å². The smallest absolute Gasteiger partial charge is 0.236 e. The van der Waals surface area contributed by atoms with Crippen LogP contribution in [0.5, 0.6) is 0 Å². The summed E-state index contributed by atoms with van der Waals surface area (Å²) in [5.74, 6) is 1.51. The Kier molecular flexibility index (Phi) is 9.20. The Morgan fingerprint density at radius 1 is 0.315 bits per heavy atom. The minimum atomic E-state index is 0.603. The van der Waals surface area contributed by atoms with E-state index in [0.29, 0.717) is 12.4 Å². The van der Waals surface area contributed by atoms with E-state index in [-0.39, 0.29) is 0 Å². The first-order valence-corrected chi connectivity index (χ1v) is 25.3. The molecule has 0 atom stereocenters. The van der Waals surface area contributed by atoms with Gasteiger partial charge in [-0.05, 0) is 77.2 Å². The molecule has 0 spiro atoms. The van der Waals surface area contributed by atoms with Gasteiger partial charge in [0, 0.05) is 60.9 Å². The van der Waals surface area contributed by atoms with Crippen LogP contribution < -0.4 is 0 Å². The van der Waals surface area contributed by atoms with Crippen LogP contribution in [0.1, 0.15) is 25.3 Å². The number of aliphatic imine (C=N–C) groups is 2. The van der Waals surface area contributed by atoms with Crippen molar-refractivity contribution in [2.24, 2.45) is 9.98 Å². The van der Waals surface area contributed by atoms with Gasteiger partial charge in [0.25, 0.3) is 0 Å². The molecule has 0 fully saturated rings. The molecule has 0 radical (unpaired) electrons. The molecule has 4 aromatic heterocycles. The number of nitrogens with zero attached hydrogens (tertiary/aromatic N) is 6. The van der Waals surface area contributed by atoms with E-state index in [9.17, 15) is 0 Å². The summed E-state index contributed by atoms with van der Waals surface area (Å²) in [6.45, 7) is 2.28. The summed E-state index contributed by atoms with van der Waals surface area (Å²) in [4.78, 5) is 12.0. The van der Waals surface area contributed by atoms with Crippen LogP contribution in [0.4, 0.5) is 0 Å². The molecular formula is C67H46N6. The Balaban J connectivity index is 1.10. The van der Waals surface area contributed by atoms with Crippen LogP contribution in [0, 0.1) is 0 Å². The fourth-order valence-corrected chi connectivity index (χ4v) is 12.0. The van der Waals surface area contributed by atoms with E-state index in [1.807, 2.05) is 0 Å². The summed E-state index contributed by atoms with van der Waals surface area (Å²) < 4.78 is 9.74. The Hall–Kier alpha value is -9.52. The lowest BCUT2D eigenvalue weighted by molar-refractivity contribution is 1.01. The van der Waals surface area contributed by atoms with Crippen LogP contribution in [0.25, 0.3) is 116 Å². The first kappa shape index (κ1) is 41.3. The second-order valence-corrected chi connectivity index (χ2v) is 19.2. The molecule has 6 nitrogen and oxygen atoms in total. The van der Waals surface area contributed by atoms with Crippen molar-refractivity contribution in [2.75, 3.05) is 0 Å². The van der Waals surface area contributed by atoms with E-state index in [1.165, 1.54) is 49.0 Å². The predicted molar refractivity (Wildman–Crippen MR) is 307 cm³/mol. The van der Waals surface area contributed by atoms with Gasteiger partial charge in [-0.25, -0.2) is 4.99 Å². The Morgan fingerprint density at radius 2 is 0.671 bits per heavy atom. The zero-order valence-electron chi connectivity index (χ0n) is 40.1. The molecule has 15 rings (SSSR count). The van der Waals surface area contributed by atoms with Gasteiger partial charge in [-0.3, -0.25) is 9.13 Å². The van der Waals surface area contributed by atoms with Crippen molar-refractivity contribution in [2.45, 2.75) is 19.8 Å². The average Bonchev–Trinajstić information content (AvgIpc) is 4.20. The molecule has 5 heterocycles. The molecule has 14 aromatic rings. The van der Waals surface area contributed by atoms with Gasteiger partial charge in [-0.1, -0.05) is 195 Å². The van der Waals surface area contributed by atoms with E-state index in [2.05, 4.69) is 262 Å². The van der Waals surface area contributed by atoms with Crippen LogP contribution in [0.3, 0.4) is 0 Å². The monoisotopic (exact) mass is 934 g/mol. The third-order valence-electron chi connectivity index (χ3n) is 15.3. The summed E-state index contributed by atoms with van der Waals surface area (Å²) in [6, 6.07) is 85.7. The van der Waals surface area contributed by atoms with E-state index >= 15 is 0 Å². The molecule has 0 bridgehead atoms. The molecule has 0 amide bonds. The van der Waals surface area contributed by atoms with Gasteiger partial charge in [0.15, 0.2) is 0 Å². The molecule has 344 valence electrons. The Labute approximate surface area is 420 Å². The number of allylic oxidation sites excluding steroid dienone is 1. The van der Waals surface area contributed by atoms with Crippen LogP contribution >= 0.6 is 0 Å². The number of para-hydroxylation sites is 6. The quantitative estimate of drug-likeness (QED) is 0.159. The standard InChI is InChI=1S/C67H46N6/c1-2-43-42-57(46-36-34-45(35-37-46)44-20-6-3-7-21-44)68-67(73-61-33-19-15-29-52(61)56-41-39-54-50-27-13-17-31-59(50)71(63(54)65(56)73)48-24-10-5-11-25-48)69-66(43)72-60-32-18-14-28-51(60)55-40-38-53-49-26-12-16-30-58(49)70(62(53)64(55)72)47-22-8-4-9-23-47/h3-41H,2,42H2,1H3. The molecular weight excluding hydrogens is 889 g/mol. The number of aromatic nitrogens is 4. The third-order valence-corrected chi connectivity index (χ3v) is 15.3. The topological polar surface area (TPSA) is 44.4 Å². The summed E-state index contributed by atoms with van der Waals surface area (Å²) in [6.07, 6.45) is 1.37. The molecule has 0 aliphatic carbocycles. The second kappa shape index (κ2) is 16.3. The number of hydrogen-bond acceptors (Lipinski definition) is 2. The highest BCUT2D eigenvalue weighted by Gasteiger charge is 2.28. The van der Waals surface area contributed by atoms with Crippen LogP contribution in [0.2, 0.25) is 0 Å². The largest absolute Gasteiger partial charge is 0.307 e. The summed E-state index contributed by atoms with van der Waals surface area (Å²) >= 11 is 0. The Morgan fingerprint density at radius 3 is 1.14 bits per heavy atom. The molecule has 1 aliphatic heterocycles. The molecule has 73 heavy (non-hydrogen) atoms. The molecule has 10 aromatic carbocycles. The normalized spacial score (nSPS) is 13.4. The molecule has 0 saturated heterocycles. The Bertz CT molecular complexity index is 4640. The zero-order valence-corrected chi connectivity index (χ0v) is 40.1. The van der Waals surface area contributed by atoms with E-state index in [4.69, 9.17) is 9.98 Å². The van der Waals surface area contributed by atoms with Gasteiger partial charge in [0.05, 0.1) is 49.8 Å². The van der Waals surface area contributed by atoms with E-state index < -0.39 is 0 Å². The molecule has 0 saturated carbocycles. The van der Waals surface area contributed by atoms with Crippen molar-refractivity contribution in [3.63, 3.8) is 0 Å². The highest BCUT2D eigenvalue weighted by molar-refractivity contribution is 6.28. The maximum absolute atomic E-state index is 6.10. The minimum absolute atomic E-state index is 0.603. The molecule has 0 unspecified atom stereocenters. The van der Waals surface area contributed by atoms with Gasteiger partial charge in [0.2, 0.25) is 5.96 Å². The van der Waals surface area contributed by atoms with Gasteiger partial charge >= 0.3 is 0 Å². The van der Waals surface area contributed by atoms with Gasteiger partial charge < -0.3 is 9.13 Å². The predicted octanol–water partition coefficient (Wildman–Crippen LogP) is 17.1. The maximum atomic E-state index is 6.10. The fourth-order valence-electron chi connectivity index (χ4n) is 12.0. The van der Waals surface area contributed by atoms with Gasteiger partial charge in [-0.15, -0.1) is 0 Å². The average molecular weight is 935 g/mol. The van der Waals surface area contributed by atoms with Crippen molar-refractivity contribution < 1.29 is 0 Å². The van der Waals surface area contributed by atoms with Crippen LogP contribution in [-0.4, -0.2) is 29.9 Å². The molecule has 6 heteroatoms. The highest BCUT2D eigenvalue weighted by Crippen LogP contribution is 2.45. The van der Waals surface area contributed by atoms with Crippen molar-refractivity contribution in [3.05, 3.63) is 248 Å². The lowest BCUT2D eigenvalue weighted by Gasteiger charge is -2.16. The summed E-state index contributed by atoms with van der Waals surface area (Å²) in [7, 11) is 0. The maximum Gasteiger partial charge on any atom is 0.236 e. The second-order valence-electron chi connectivity index (χ2n) is 19.2. The fraction of sp³-hybridized carbons (Fsp3) is 0.0448. The van der Waals surface area contributed by atoms with Crippen LogP contribution in [0.15, 0.2) is 252 Å². The van der Waals surface area contributed by atoms with Crippen molar-refractivity contribution in [1.29, 1.82) is 0 Å².